The minimum Gasteiger partial charge on any atom is -0.482 e. The van der Waals surface area contributed by atoms with E-state index in [-0.39, 0.29) is 24.7 Å². The number of ether oxygens (including phenoxy) is 2. The Labute approximate surface area is 120 Å². The van der Waals surface area contributed by atoms with Gasteiger partial charge in [0, 0.05) is 11.1 Å². The van der Waals surface area contributed by atoms with Crippen LogP contribution in [-0.2, 0) is 9.53 Å². The van der Waals surface area contributed by atoms with Crippen molar-refractivity contribution in [2.24, 2.45) is 0 Å². The molecule has 0 aliphatic heterocycles. The van der Waals surface area contributed by atoms with E-state index in [4.69, 9.17) is 9.47 Å². The fourth-order valence-corrected chi connectivity index (χ4v) is 1.85. The van der Waals surface area contributed by atoms with Gasteiger partial charge in [-0.05, 0) is 26.0 Å². The van der Waals surface area contributed by atoms with E-state index >= 15 is 0 Å². The predicted octanol–water partition coefficient (Wildman–Crippen LogP) is 2.39. The molecular weight excluding hydrogens is 276 g/mol. The van der Waals surface area contributed by atoms with Gasteiger partial charge >= 0.3 is 5.97 Å². The topological polar surface area (TPSA) is 91.6 Å². The molecule has 0 spiro atoms. The first kappa shape index (κ1) is 14.7. The molecule has 21 heavy (non-hydrogen) atoms. The molecule has 0 fully saturated rings. The molecule has 1 aromatic carbocycles. The van der Waals surface area contributed by atoms with Crippen molar-refractivity contribution in [1.82, 2.24) is 4.98 Å². The monoisotopic (exact) mass is 290 g/mol. The summed E-state index contributed by atoms with van der Waals surface area (Å²) >= 11 is 0. The number of hydrogen-bond acceptors (Lipinski definition) is 6. The third kappa shape index (κ3) is 3.44. The highest BCUT2D eigenvalue weighted by atomic mass is 16.6. The first-order chi connectivity index (χ1) is 10.0. The van der Waals surface area contributed by atoms with Crippen molar-refractivity contribution >= 4 is 22.6 Å². The molecule has 2 aromatic rings. The summed E-state index contributed by atoms with van der Waals surface area (Å²) in [7, 11) is 0. The molecule has 7 heteroatoms. The number of carbonyl (C=O) groups excluding carboxylic acids is 1. The fourth-order valence-electron chi connectivity index (χ4n) is 1.85. The Bertz CT molecular complexity index is 699. The fraction of sp³-hybridized carbons (Fsp3) is 0.286. The molecule has 0 saturated carbocycles. The number of aryl methyl sites for hydroxylation is 1. The van der Waals surface area contributed by atoms with Crippen LogP contribution in [0.25, 0.3) is 10.9 Å². The third-order valence-corrected chi connectivity index (χ3v) is 2.74. The first-order valence-electron chi connectivity index (χ1n) is 6.35. The number of carbonyl (C=O) groups is 1. The van der Waals surface area contributed by atoms with E-state index in [0.717, 1.165) is 0 Å². The van der Waals surface area contributed by atoms with Crippen LogP contribution in [0.15, 0.2) is 24.3 Å². The Balaban J connectivity index is 2.36. The standard InChI is InChI=1S/C14H14N2O5/c1-3-20-13(17)8-21-11-6-10-5-4-9(2)15-14(10)12(7-11)16(18)19/h4-7H,3,8H2,1-2H3. The summed E-state index contributed by atoms with van der Waals surface area (Å²) in [5, 5.41) is 11.7. The Morgan fingerprint density at radius 3 is 2.81 bits per heavy atom. The Kier molecular flexibility index (Phi) is 4.32. The van der Waals surface area contributed by atoms with Crippen molar-refractivity contribution in [1.29, 1.82) is 0 Å². The van der Waals surface area contributed by atoms with Crippen LogP contribution in [0.3, 0.4) is 0 Å². The molecule has 110 valence electrons. The van der Waals surface area contributed by atoms with Crippen molar-refractivity contribution < 1.29 is 19.2 Å². The van der Waals surface area contributed by atoms with Gasteiger partial charge in [0.15, 0.2) is 6.61 Å². The molecule has 0 atom stereocenters. The highest BCUT2D eigenvalue weighted by molar-refractivity contribution is 5.89. The SMILES string of the molecule is CCOC(=O)COc1cc([N+](=O)[O-])c2nc(C)ccc2c1. The van der Waals surface area contributed by atoms with Crippen molar-refractivity contribution in [3.05, 3.63) is 40.1 Å². The lowest BCUT2D eigenvalue weighted by Crippen LogP contribution is -2.14. The van der Waals surface area contributed by atoms with Crippen molar-refractivity contribution in [2.45, 2.75) is 13.8 Å². The quantitative estimate of drug-likeness (QED) is 0.477. The van der Waals surface area contributed by atoms with E-state index in [9.17, 15) is 14.9 Å². The number of rotatable bonds is 5. The Morgan fingerprint density at radius 2 is 2.14 bits per heavy atom. The summed E-state index contributed by atoms with van der Waals surface area (Å²) < 4.78 is 9.98. The van der Waals surface area contributed by atoms with Crippen LogP contribution < -0.4 is 4.74 Å². The molecule has 0 bridgehead atoms. The predicted molar refractivity (Wildman–Crippen MR) is 75.3 cm³/mol. The minimum atomic E-state index is -0.526. The van der Waals surface area contributed by atoms with E-state index in [1.165, 1.54) is 6.07 Å². The smallest absolute Gasteiger partial charge is 0.344 e. The highest BCUT2D eigenvalue weighted by Crippen LogP contribution is 2.29. The molecule has 0 N–H and O–H groups in total. The van der Waals surface area contributed by atoms with Gasteiger partial charge in [0.2, 0.25) is 0 Å². The lowest BCUT2D eigenvalue weighted by Gasteiger charge is -2.07. The highest BCUT2D eigenvalue weighted by Gasteiger charge is 2.16. The van der Waals surface area contributed by atoms with Crippen LogP contribution in [0.4, 0.5) is 5.69 Å². The van der Waals surface area contributed by atoms with Gasteiger partial charge in [-0.2, -0.15) is 0 Å². The summed E-state index contributed by atoms with van der Waals surface area (Å²) in [6, 6.07) is 6.34. The number of fused-ring (bicyclic) bond motifs is 1. The maximum absolute atomic E-state index is 11.2. The molecule has 7 nitrogen and oxygen atoms in total. The largest absolute Gasteiger partial charge is 0.482 e. The second-order valence-electron chi connectivity index (χ2n) is 4.32. The molecule has 1 heterocycles. The van der Waals surface area contributed by atoms with Gasteiger partial charge < -0.3 is 9.47 Å². The first-order valence-corrected chi connectivity index (χ1v) is 6.35. The summed E-state index contributed by atoms with van der Waals surface area (Å²) in [6.45, 7) is 3.40. The second-order valence-corrected chi connectivity index (χ2v) is 4.32. The number of non-ortho nitro benzene ring substituents is 1. The maximum atomic E-state index is 11.2. The zero-order valence-corrected chi connectivity index (χ0v) is 11.7. The van der Waals surface area contributed by atoms with Gasteiger partial charge in [-0.15, -0.1) is 0 Å². The number of nitrogens with zero attached hydrogens (tertiary/aromatic N) is 2. The number of benzene rings is 1. The van der Waals surface area contributed by atoms with Crippen LogP contribution in [0, 0.1) is 17.0 Å². The zero-order chi connectivity index (χ0) is 15.4. The normalized spacial score (nSPS) is 10.4. The summed E-state index contributed by atoms with van der Waals surface area (Å²) in [4.78, 5) is 26.0. The molecule has 1 aromatic heterocycles. The van der Waals surface area contributed by atoms with Crippen LogP contribution in [-0.4, -0.2) is 29.1 Å². The summed E-state index contributed by atoms with van der Waals surface area (Å²) in [5.74, 6) is -0.296. The van der Waals surface area contributed by atoms with E-state index in [2.05, 4.69) is 4.98 Å². The molecule has 0 radical (unpaired) electrons. The Hall–Kier alpha value is -2.70. The minimum absolute atomic E-state index is 0.157. The van der Waals surface area contributed by atoms with Crippen LogP contribution in [0.2, 0.25) is 0 Å². The van der Waals surface area contributed by atoms with E-state index in [0.29, 0.717) is 16.6 Å². The molecular formula is C14H14N2O5. The van der Waals surface area contributed by atoms with Crippen LogP contribution in [0.5, 0.6) is 5.75 Å². The number of aromatic nitrogens is 1. The summed E-state index contributed by atoms with van der Waals surface area (Å²) in [6.07, 6.45) is 0. The second kappa shape index (κ2) is 6.17. The van der Waals surface area contributed by atoms with Gasteiger partial charge in [-0.3, -0.25) is 10.1 Å². The van der Waals surface area contributed by atoms with Gasteiger partial charge in [0.05, 0.1) is 17.6 Å². The van der Waals surface area contributed by atoms with Crippen molar-refractivity contribution in [2.75, 3.05) is 13.2 Å². The Morgan fingerprint density at radius 1 is 1.38 bits per heavy atom. The lowest BCUT2D eigenvalue weighted by atomic mass is 10.1. The molecule has 0 aliphatic carbocycles. The van der Waals surface area contributed by atoms with E-state index < -0.39 is 10.9 Å². The molecule has 0 saturated heterocycles. The van der Waals surface area contributed by atoms with E-state index in [1.54, 1.807) is 32.0 Å². The van der Waals surface area contributed by atoms with Gasteiger partial charge in [0.1, 0.15) is 11.3 Å². The van der Waals surface area contributed by atoms with Gasteiger partial charge in [0.25, 0.3) is 5.69 Å². The number of nitro groups is 1. The average Bonchev–Trinajstić information content (AvgIpc) is 2.44. The van der Waals surface area contributed by atoms with Crippen LogP contribution in [0.1, 0.15) is 12.6 Å². The number of pyridine rings is 1. The third-order valence-electron chi connectivity index (χ3n) is 2.74. The number of esters is 1. The average molecular weight is 290 g/mol. The van der Waals surface area contributed by atoms with Crippen LogP contribution >= 0.6 is 0 Å². The lowest BCUT2D eigenvalue weighted by molar-refractivity contribution is -0.383. The molecule has 0 aliphatic rings. The van der Waals surface area contributed by atoms with Crippen molar-refractivity contribution in [3.63, 3.8) is 0 Å². The van der Waals surface area contributed by atoms with Gasteiger partial charge in [-0.1, -0.05) is 6.07 Å². The number of hydrogen-bond donors (Lipinski definition) is 0. The zero-order valence-electron chi connectivity index (χ0n) is 11.7. The summed E-state index contributed by atoms with van der Waals surface area (Å²) in [5.41, 5.74) is 0.823. The van der Waals surface area contributed by atoms with E-state index in [1.807, 2.05) is 0 Å². The molecule has 0 unspecified atom stereocenters. The maximum Gasteiger partial charge on any atom is 0.344 e. The van der Waals surface area contributed by atoms with Crippen molar-refractivity contribution in [3.8, 4) is 5.75 Å². The number of nitro benzene ring substituents is 1. The molecule has 0 amide bonds. The molecule has 2 rings (SSSR count). The van der Waals surface area contributed by atoms with Gasteiger partial charge in [-0.25, -0.2) is 9.78 Å².